The van der Waals surface area contributed by atoms with E-state index in [2.05, 4.69) is 0 Å². The number of carbonyl (C=O) groups is 2. The second kappa shape index (κ2) is 22.3. The number of fused-ring (bicyclic) bond motifs is 5. The minimum Gasteiger partial charge on any atom is -0.458 e. The summed E-state index contributed by atoms with van der Waals surface area (Å²) in [6.07, 6.45) is -9.41. The van der Waals surface area contributed by atoms with Crippen LogP contribution in [0.25, 0.3) is 0 Å². The molecule has 4 saturated heterocycles. The first kappa shape index (κ1) is 59.0. The average molecular weight is 1090 g/mol. The Hall–Kier alpha value is -2.62. The van der Waals surface area contributed by atoms with Crippen LogP contribution in [-0.4, -0.2) is 210 Å². The van der Waals surface area contributed by atoms with Crippen LogP contribution < -0.4 is 0 Å². The number of esters is 1. The Bertz CT molecular complexity index is 2260. The number of methoxy groups -OCH3 is 4. The molecule has 3 saturated carbocycles. The van der Waals surface area contributed by atoms with Crippen LogP contribution >= 0.6 is 0 Å². The molecule has 9 rings (SSSR count). The maximum atomic E-state index is 13.7. The molecule has 4 aliphatic heterocycles. The van der Waals surface area contributed by atoms with Crippen LogP contribution in [0.4, 0.5) is 0 Å². The molecule has 0 amide bonds. The lowest BCUT2D eigenvalue weighted by Gasteiger charge is -2.68. The van der Waals surface area contributed by atoms with E-state index in [1.165, 1.54) is 33.1 Å². The van der Waals surface area contributed by atoms with E-state index in [9.17, 15) is 40.2 Å². The molecule has 4 heterocycles. The lowest BCUT2D eigenvalue weighted by atomic mass is 9.41. The van der Waals surface area contributed by atoms with Crippen LogP contribution in [0.3, 0.4) is 0 Å². The minimum absolute atomic E-state index is 0.0617. The van der Waals surface area contributed by atoms with E-state index in [0.717, 1.165) is 0 Å². The van der Waals surface area contributed by atoms with E-state index in [1.807, 2.05) is 27.7 Å². The largest absolute Gasteiger partial charge is 0.458 e. The van der Waals surface area contributed by atoms with E-state index in [4.69, 9.17) is 61.6 Å². The van der Waals surface area contributed by atoms with Crippen molar-refractivity contribution in [2.45, 2.75) is 245 Å². The molecular weight excluding hydrogens is 1010 g/mol. The molecule has 6 N–H and O–H groups in total. The SMILES string of the molecule is CO[C@@H]1[C@@H](O)[C@H](O[C@H]2[C@@H](OC)C[C@H](O[C@H]3[C@@H](OC)C[C@H](O[C@H]4[C@@H](OC)C[C@H](O[C@H]5CC[C@]6(C)[C@H]7C[C@@H](OC(=O)c8ccccc8)[C@@]8(C)[C@](O)(CC[C@@]8(O)C(C)=O)[C@]7(O)C=C[C@@]6(O)C5)O[C@@H]4C)O[C@@H]3C)O[C@@H]2C)O[C@H](C)[C@H]1O. The van der Waals surface area contributed by atoms with Gasteiger partial charge in [0.1, 0.15) is 59.5 Å². The number of carbonyl (C=O) groups excluding carboxylic acids is 2. The fourth-order valence-electron chi connectivity index (χ4n) is 14.9. The molecule has 7 fully saturated rings. The van der Waals surface area contributed by atoms with Crippen molar-refractivity contribution in [1.29, 1.82) is 0 Å². The number of rotatable bonds is 15. The number of ether oxygens (including phenoxy) is 13. The highest BCUT2D eigenvalue weighted by Crippen LogP contribution is 2.71. The molecule has 0 unspecified atom stereocenters. The van der Waals surface area contributed by atoms with Crippen LogP contribution in [0.1, 0.15) is 117 Å². The Morgan fingerprint density at radius 2 is 1.14 bits per heavy atom. The van der Waals surface area contributed by atoms with Gasteiger partial charge in [-0.25, -0.2) is 4.79 Å². The van der Waals surface area contributed by atoms with Gasteiger partial charge >= 0.3 is 5.97 Å². The number of hydrogen-bond donors (Lipinski definition) is 6. The summed E-state index contributed by atoms with van der Waals surface area (Å²) in [7, 11) is 6.17. The third-order valence-electron chi connectivity index (χ3n) is 19.7. The van der Waals surface area contributed by atoms with Crippen molar-refractivity contribution >= 4 is 11.8 Å². The van der Waals surface area contributed by atoms with Gasteiger partial charge in [0.05, 0.1) is 65.4 Å². The molecule has 1 aromatic carbocycles. The summed E-state index contributed by atoms with van der Waals surface area (Å²) in [4.78, 5) is 27.1. The zero-order chi connectivity index (χ0) is 55.8. The van der Waals surface area contributed by atoms with Gasteiger partial charge in [-0.15, -0.1) is 0 Å². The summed E-state index contributed by atoms with van der Waals surface area (Å²) in [5.74, 6) is -2.20. The molecular formula is C56H84O21. The monoisotopic (exact) mass is 1090 g/mol. The smallest absolute Gasteiger partial charge is 0.338 e. The van der Waals surface area contributed by atoms with Gasteiger partial charge in [0, 0.05) is 65.5 Å². The van der Waals surface area contributed by atoms with Gasteiger partial charge in [0.25, 0.3) is 0 Å². The molecule has 0 radical (unpaired) electrons. The van der Waals surface area contributed by atoms with Gasteiger partial charge < -0.3 is 92.2 Å². The predicted molar refractivity (Wildman–Crippen MR) is 269 cm³/mol. The lowest BCUT2D eigenvalue weighted by Crippen LogP contribution is -2.79. The Kier molecular flexibility index (Phi) is 17.1. The summed E-state index contributed by atoms with van der Waals surface area (Å²) < 4.78 is 80.7. The molecule has 0 aromatic heterocycles. The van der Waals surface area contributed by atoms with Crippen molar-refractivity contribution in [2.24, 2.45) is 16.7 Å². The fourth-order valence-corrected chi connectivity index (χ4v) is 14.9. The van der Waals surface area contributed by atoms with Crippen LogP contribution in [0.15, 0.2) is 42.5 Å². The zero-order valence-electron chi connectivity index (χ0n) is 46.3. The van der Waals surface area contributed by atoms with Crippen LogP contribution in [0, 0.1) is 16.7 Å². The number of aliphatic hydroxyl groups is 6. The number of hydrogen-bond acceptors (Lipinski definition) is 21. The van der Waals surface area contributed by atoms with E-state index >= 15 is 0 Å². The highest BCUT2D eigenvalue weighted by Gasteiger charge is 2.82. The summed E-state index contributed by atoms with van der Waals surface area (Å²) in [6, 6.07) is 8.33. The minimum atomic E-state index is -2.14. The molecule has 4 aliphatic carbocycles. The maximum Gasteiger partial charge on any atom is 0.338 e. The van der Waals surface area contributed by atoms with Gasteiger partial charge in [-0.1, -0.05) is 37.3 Å². The average Bonchev–Trinajstić information content (AvgIpc) is 3.39. The van der Waals surface area contributed by atoms with E-state index in [-0.39, 0.29) is 37.7 Å². The first-order chi connectivity index (χ1) is 36.3. The summed E-state index contributed by atoms with van der Waals surface area (Å²) in [6.45, 7) is 11.9. The quantitative estimate of drug-likeness (QED) is 0.109. The number of benzene rings is 1. The van der Waals surface area contributed by atoms with Crippen LogP contribution in [0.5, 0.6) is 0 Å². The predicted octanol–water partition coefficient (Wildman–Crippen LogP) is 2.78. The fraction of sp³-hybridized carbons (Fsp3) is 0.821. The zero-order valence-corrected chi connectivity index (χ0v) is 46.3. The van der Waals surface area contributed by atoms with Crippen molar-refractivity contribution in [3.63, 3.8) is 0 Å². The van der Waals surface area contributed by atoms with Crippen molar-refractivity contribution < 1.29 is 102 Å². The third kappa shape index (κ3) is 9.90. The summed E-state index contributed by atoms with van der Waals surface area (Å²) >= 11 is 0. The Labute approximate surface area is 451 Å². The standard InChI is InChI=1S/C56H84O21/c1-28-43(58)48(68-11)44(59)50(72-28)77-47-31(4)71-42(25-37(47)67-10)76-46-30(3)70-41(24-36(46)66-9)75-45-29(2)69-40(23-35(45)65-8)73-34-17-18-51(6)38-26-39(74-49(60)33-15-13-12-14-16-33)52(7)54(62,32(5)57)21-22-56(52,64)55(38,63)20-19-53(51,61)27-34/h12-16,19-20,28-31,34-48,50,58-59,61-64H,17-18,21-27H2,1-11H3/t28-,29-,30-,31-,34+,35+,36+,37+,38-,39-,40+,41+,42+,43-,44-,45-,46-,47-,48+,50+,51-,52-,53-,54-,55+,56-/m1/s1. The molecule has 434 valence electrons. The van der Waals surface area contributed by atoms with E-state index in [1.54, 1.807) is 58.6 Å². The summed E-state index contributed by atoms with van der Waals surface area (Å²) in [5.41, 5.74) is -10.5. The topological polar surface area (TPSA) is 276 Å². The second-order valence-corrected chi connectivity index (χ2v) is 23.6. The van der Waals surface area contributed by atoms with Crippen molar-refractivity contribution in [2.75, 3.05) is 28.4 Å². The highest BCUT2D eigenvalue weighted by atomic mass is 16.8. The van der Waals surface area contributed by atoms with Crippen molar-refractivity contribution in [1.82, 2.24) is 0 Å². The molecule has 26 atom stereocenters. The van der Waals surface area contributed by atoms with E-state index < -0.39 is 168 Å². The van der Waals surface area contributed by atoms with E-state index in [0.29, 0.717) is 25.7 Å². The molecule has 0 spiro atoms. The summed E-state index contributed by atoms with van der Waals surface area (Å²) in [5, 5.41) is 72.2. The van der Waals surface area contributed by atoms with Gasteiger partial charge in [-0.2, -0.15) is 0 Å². The maximum absolute atomic E-state index is 13.7. The molecule has 21 nitrogen and oxygen atoms in total. The van der Waals surface area contributed by atoms with Gasteiger partial charge in [-0.3, -0.25) is 4.79 Å². The molecule has 21 heteroatoms. The first-order valence-corrected chi connectivity index (χ1v) is 27.4. The van der Waals surface area contributed by atoms with Gasteiger partial charge in [0.15, 0.2) is 30.9 Å². The van der Waals surface area contributed by atoms with Gasteiger partial charge in [-0.05, 0) is 85.8 Å². The second-order valence-electron chi connectivity index (χ2n) is 23.6. The Morgan fingerprint density at radius 1 is 0.610 bits per heavy atom. The normalized spacial score (nSPS) is 50.8. The van der Waals surface area contributed by atoms with Crippen LogP contribution in [-0.2, 0) is 66.4 Å². The Balaban J connectivity index is 0.822. The number of Topliss-reactive ketones (excluding diaryl/α,β-unsaturated/α-hetero) is 1. The Morgan fingerprint density at radius 3 is 1.66 bits per heavy atom. The van der Waals surface area contributed by atoms with Crippen LogP contribution in [0.2, 0.25) is 0 Å². The first-order valence-electron chi connectivity index (χ1n) is 27.4. The number of ketones is 1. The molecule has 77 heavy (non-hydrogen) atoms. The molecule has 8 aliphatic rings. The number of aliphatic hydroxyl groups excluding tert-OH is 2. The van der Waals surface area contributed by atoms with Crippen molar-refractivity contribution in [3.05, 3.63) is 48.0 Å². The molecule has 0 bridgehead atoms. The third-order valence-corrected chi connectivity index (χ3v) is 19.7. The lowest BCUT2D eigenvalue weighted by molar-refractivity contribution is -0.356. The molecule has 1 aromatic rings. The highest BCUT2D eigenvalue weighted by molar-refractivity contribution is 5.90. The van der Waals surface area contributed by atoms with Crippen molar-refractivity contribution in [3.8, 4) is 0 Å². The van der Waals surface area contributed by atoms with Gasteiger partial charge in [0.2, 0.25) is 0 Å².